The van der Waals surface area contributed by atoms with Crippen LogP contribution in [0.5, 0.6) is 11.5 Å². The molecule has 0 spiro atoms. The minimum atomic E-state index is -0.502. The van der Waals surface area contributed by atoms with Crippen molar-refractivity contribution in [3.63, 3.8) is 0 Å². The maximum absolute atomic E-state index is 12.4. The molecule has 1 atom stereocenters. The van der Waals surface area contributed by atoms with Crippen molar-refractivity contribution in [3.8, 4) is 11.5 Å². The number of hydrogen-bond acceptors (Lipinski definition) is 3. The number of hydrogen-bond donors (Lipinski definition) is 1. The summed E-state index contributed by atoms with van der Waals surface area (Å²) in [6.45, 7) is 8.38. The van der Waals surface area contributed by atoms with Gasteiger partial charge in [0.15, 0.2) is 6.10 Å². The fourth-order valence-corrected chi connectivity index (χ4v) is 2.41. The average molecular weight is 341 g/mol. The predicted molar refractivity (Wildman–Crippen MR) is 99.9 cm³/mol. The molecule has 0 aliphatic heterocycles. The van der Waals surface area contributed by atoms with Crippen LogP contribution in [0, 0.1) is 6.92 Å². The van der Waals surface area contributed by atoms with Crippen LogP contribution in [0.3, 0.4) is 0 Å². The highest BCUT2D eigenvalue weighted by molar-refractivity contribution is 5.81. The zero-order valence-corrected chi connectivity index (χ0v) is 15.4. The molecule has 2 rings (SSSR count). The molecule has 0 heterocycles. The first kappa shape index (κ1) is 18.8. The summed E-state index contributed by atoms with van der Waals surface area (Å²) in [7, 11) is 0. The SMILES string of the molecule is CC[C@H](Oc1ccc(C)cc1)C(=O)NCc1cccc(OC(C)C)c1. The summed E-state index contributed by atoms with van der Waals surface area (Å²) in [5, 5.41) is 2.94. The summed E-state index contributed by atoms with van der Waals surface area (Å²) in [4.78, 5) is 12.4. The van der Waals surface area contributed by atoms with Crippen molar-refractivity contribution < 1.29 is 14.3 Å². The molecule has 0 saturated carbocycles. The number of amides is 1. The first-order valence-electron chi connectivity index (χ1n) is 8.74. The van der Waals surface area contributed by atoms with Crippen LogP contribution in [0.1, 0.15) is 38.3 Å². The molecular formula is C21H27NO3. The third kappa shape index (κ3) is 6.14. The number of nitrogens with one attached hydrogen (secondary N) is 1. The van der Waals surface area contributed by atoms with Crippen LogP contribution in [-0.4, -0.2) is 18.1 Å². The molecule has 2 aromatic carbocycles. The highest BCUT2D eigenvalue weighted by Crippen LogP contribution is 2.16. The smallest absolute Gasteiger partial charge is 0.261 e. The van der Waals surface area contributed by atoms with E-state index in [-0.39, 0.29) is 12.0 Å². The molecule has 0 saturated heterocycles. The Kier molecular flexibility index (Phi) is 6.87. The highest BCUT2D eigenvalue weighted by atomic mass is 16.5. The molecule has 134 valence electrons. The first-order chi connectivity index (χ1) is 12.0. The second-order valence-corrected chi connectivity index (χ2v) is 6.36. The van der Waals surface area contributed by atoms with Crippen molar-refractivity contribution >= 4 is 5.91 Å². The van der Waals surface area contributed by atoms with Crippen molar-refractivity contribution in [1.82, 2.24) is 5.32 Å². The molecule has 0 aliphatic rings. The maximum Gasteiger partial charge on any atom is 0.261 e. The van der Waals surface area contributed by atoms with E-state index >= 15 is 0 Å². The average Bonchev–Trinajstić information content (AvgIpc) is 2.59. The monoisotopic (exact) mass is 341 g/mol. The standard InChI is InChI=1S/C21H27NO3/c1-5-20(25-18-11-9-16(4)10-12-18)21(23)22-14-17-7-6-8-19(13-17)24-15(2)3/h6-13,15,20H,5,14H2,1-4H3,(H,22,23)/t20-/m0/s1. The minimum absolute atomic E-state index is 0.113. The summed E-state index contributed by atoms with van der Waals surface area (Å²) in [5.41, 5.74) is 2.16. The van der Waals surface area contributed by atoms with Crippen LogP contribution in [0.2, 0.25) is 0 Å². The topological polar surface area (TPSA) is 47.6 Å². The number of carbonyl (C=O) groups is 1. The number of aryl methyl sites for hydroxylation is 1. The van der Waals surface area contributed by atoms with Gasteiger partial charge in [0.05, 0.1) is 6.10 Å². The van der Waals surface area contributed by atoms with Crippen molar-refractivity contribution in [2.24, 2.45) is 0 Å². The van der Waals surface area contributed by atoms with E-state index < -0.39 is 6.10 Å². The Balaban J connectivity index is 1.92. The number of benzene rings is 2. The van der Waals surface area contributed by atoms with E-state index in [1.807, 2.05) is 76.2 Å². The normalized spacial score (nSPS) is 11.9. The van der Waals surface area contributed by atoms with Gasteiger partial charge in [0.25, 0.3) is 5.91 Å². The number of ether oxygens (including phenoxy) is 2. The van der Waals surface area contributed by atoms with Gasteiger partial charge in [0.2, 0.25) is 0 Å². The van der Waals surface area contributed by atoms with Crippen LogP contribution in [0.25, 0.3) is 0 Å². The summed E-state index contributed by atoms with van der Waals surface area (Å²) in [5.74, 6) is 1.41. The molecule has 1 amide bonds. The zero-order chi connectivity index (χ0) is 18.2. The molecule has 4 heteroatoms. The number of carbonyl (C=O) groups excluding carboxylic acids is 1. The van der Waals surface area contributed by atoms with Gasteiger partial charge in [0, 0.05) is 6.54 Å². The molecule has 1 N–H and O–H groups in total. The third-order valence-electron chi connectivity index (χ3n) is 3.70. The van der Waals surface area contributed by atoms with Crippen molar-refractivity contribution in [2.75, 3.05) is 0 Å². The van der Waals surface area contributed by atoms with Crippen LogP contribution in [0.4, 0.5) is 0 Å². The summed E-state index contributed by atoms with van der Waals surface area (Å²) >= 11 is 0. The van der Waals surface area contributed by atoms with Gasteiger partial charge in [-0.05, 0) is 57.0 Å². The van der Waals surface area contributed by atoms with Crippen molar-refractivity contribution in [1.29, 1.82) is 0 Å². The molecule has 2 aromatic rings. The van der Waals surface area contributed by atoms with Crippen LogP contribution in [-0.2, 0) is 11.3 Å². The molecule has 0 radical (unpaired) electrons. The second kappa shape index (κ2) is 9.11. The van der Waals surface area contributed by atoms with Gasteiger partial charge in [-0.15, -0.1) is 0 Å². The van der Waals surface area contributed by atoms with Crippen LogP contribution in [0.15, 0.2) is 48.5 Å². The van der Waals surface area contributed by atoms with Gasteiger partial charge in [-0.2, -0.15) is 0 Å². The lowest BCUT2D eigenvalue weighted by Crippen LogP contribution is -2.37. The molecule has 25 heavy (non-hydrogen) atoms. The molecule has 0 unspecified atom stereocenters. The first-order valence-corrected chi connectivity index (χ1v) is 8.74. The van der Waals surface area contributed by atoms with Crippen molar-refractivity contribution in [3.05, 3.63) is 59.7 Å². The third-order valence-corrected chi connectivity index (χ3v) is 3.70. The van der Waals surface area contributed by atoms with Gasteiger partial charge in [-0.25, -0.2) is 0 Å². The van der Waals surface area contributed by atoms with E-state index in [1.54, 1.807) is 0 Å². The van der Waals surface area contributed by atoms with Gasteiger partial charge < -0.3 is 14.8 Å². The molecule has 0 aromatic heterocycles. The Morgan fingerprint density at radius 1 is 1.04 bits per heavy atom. The van der Waals surface area contributed by atoms with E-state index in [4.69, 9.17) is 9.47 Å². The summed E-state index contributed by atoms with van der Waals surface area (Å²) in [6, 6.07) is 15.5. The van der Waals surface area contributed by atoms with Crippen LogP contribution < -0.4 is 14.8 Å². The van der Waals surface area contributed by atoms with E-state index in [0.717, 1.165) is 16.9 Å². The summed E-state index contributed by atoms with van der Waals surface area (Å²) in [6.07, 6.45) is 0.228. The Bertz CT molecular complexity index is 680. The fourth-order valence-electron chi connectivity index (χ4n) is 2.41. The van der Waals surface area contributed by atoms with Gasteiger partial charge in [-0.1, -0.05) is 36.8 Å². The lowest BCUT2D eigenvalue weighted by molar-refractivity contribution is -0.128. The number of rotatable bonds is 8. The Hall–Kier alpha value is -2.49. The van der Waals surface area contributed by atoms with E-state index in [2.05, 4.69) is 5.32 Å². The van der Waals surface area contributed by atoms with Gasteiger partial charge in [-0.3, -0.25) is 4.79 Å². The predicted octanol–water partition coefficient (Wildman–Crippen LogP) is 4.26. The van der Waals surface area contributed by atoms with Crippen molar-refractivity contribution in [2.45, 2.75) is 52.9 Å². The molecular weight excluding hydrogens is 314 g/mol. The Morgan fingerprint density at radius 2 is 1.76 bits per heavy atom. The van der Waals surface area contributed by atoms with Gasteiger partial charge in [0.1, 0.15) is 11.5 Å². The molecule has 4 nitrogen and oxygen atoms in total. The molecule has 0 bridgehead atoms. The van der Waals surface area contributed by atoms with Gasteiger partial charge >= 0.3 is 0 Å². The summed E-state index contributed by atoms with van der Waals surface area (Å²) < 4.78 is 11.5. The highest BCUT2D eigenvalue weighted by Gasteiger charge is 2.18. The van der Waals surface area contributed by atoms with Crippen LogP contribution >= 0.6 is 0 Å². The lowest BCUT2D eigenvalue weighted by Gasteiger charge is -2.18. The van der Waals surface area contributed by atoms with E-state index in [9.17, 15) is 4.79 Å². The zero-order valence-electron chi connectivity index (χ0n) is 15.4. The molecule has 0 fully saturated rings. The van der Waals surface area contributed by atoms with E-state index in [0.29, 0.717) is 18.7 Å². The molecule has 0 aliphatic carbocycles. The second-order valence-electron chi connectivity index (χ2n) is 6.36. The lowest BCUT2D eigenvalue weighted by atomic mass is 10.2. The largest absolute Gasteiger partial charge is 0.491 e. The maximum atomic E-state index is 12.4. The minimum Gasteiger partial charge on any atom is -0.491 e. The van der Waals surface area contributed by atoms with E-state index in [1.165, 1.54) is 0 Å². The Morgan fingerprint density at radius 3 is 2.40 bits per heavy atom. The Labute approximate surface area is 150 Å². The fraction of sp³-hybridized carbons (Fsp3) is 0.381. The quantitative estimate of drug-likeness (QED) is 0.780.